The van der Waals surface area contributed by atoms with Gasteiger partial charge in [0.25, 0.3) is 0 Å². The number of rotatable bonds is 5. The highest BCUT2D eigenvalue weighted by atomic mass is 16.3. The highest BCUT2D eigenvalue weighted by Gasteiger charge is 2.17. The summed E-state index contributed by atoms with van der Waals surface area (Å²) in [7, 11) is 0. The van der Waals surface area contributed by atoms with Gasteiger partial charge in [0.2, 0.25) is 0 Å². The average molecular weight is 208 g/mol. The maximum absolute atomic E-state index is 9.68. The van der Waals surface area contributed by atoms with Crippen LogP contribution in [-0.2, 0) is 0 Å². The lowest BCUT2D eigenvalue weighted by atomic mass is 10.0. The monoisotopic (exact) mass is 208 g/mol. The standard InChI is InChI=1S/C9H12N4O2/c10-13-12-6-3-8(14)9(15)7-1-4-11-5-2-7/h1-2,4-5,8-9,14-15H,3,6H2. The number of hydrogen-bond donors (Lipinski definition) is 2. The van der Waals surface area contributed by atoms with Gasteiger partial charge >= 0.3 is 0 Å². The molecular formula is C9H12N4O2. The van der Waals surface area contributed by atoms with E-state index in [1.54, 1.807) is 24.5 Å². The molecule has 2 N–H and O–H groups in total. The summed E-state index contributed by atoms with van der Waals surface area (Å²) in [4.78, 5) is 6.37. The fraction of sp³-hybridized carbons (Fsp3) is 0.444. The van der Waals surface area contributed by atoms with Gasteiger partial charge in [0.1, 0.15) is 6.10 Å². The van der Waals surface area contributed by atoms with Gasteiger partial charge in [-0.1, -0.05) is 5.11 Å². The molecule has 0 amide bonds. The van der Waals surface area contributed by atoms with Crippen LogP contribution in [0.4, 0.5) is 0 Å². The van der Waals surface area contributed by atoms with Gasteiger partial charge in [-0.25, -0.2) is 0 Å². The molecule has 0 saturated heterocycles. The minimum atomic E-state index is -0.970. The molecule has 1 rings (SSSR count). The molecule has 0 aromatic carbocycles. The van der Waals surface area contributed by atoms with Crippen LogP contribution in [0.3, 0.4) is 0 Å². The Morgan fingerprint density at radius 2 is 2.07 bits per heavy atom. The van der Waals surface area contributed by atoms with Crippen LogP contribution < -0.4 is 0 Å². The fourth-order valence-electron chi connectivity index (χ4n) is 1.18. The second kappa shape index (κ2) is 5.98. The van der Waals surface area contributed by atoms with E-state index in [4.69, 9.17) is 5.53 Å². The second-order valence-electron chi connectivity index (χ2n) is 3.04. The molecule has 6 nitrogen and oxygen atoms in total. The molecule has 0 aliphatic carbocycles. The topological polar surface area (TPSA) is 102 Å². The van der Waals surface area contributed by atoms with Crippen LogP contribution >= 0.6 is 0 Å². The maximum Gasteiger partial charge on any atom is 0.105 e. The Morgan fingerprint density at radius 1 is 1.40 bits per heavy atom. The highest BCUT2D eigenvalue weighted by Crippen LogP contribution is 2.17. The van der Waals surface area contributed by atoms with Crippen molar-refractivity contribution in [2.75, 3.05) is 6.54 Å². The second-order valence-corrected chi connectivity index (χ2v) is 3.04. The molecule has 0 aliphatic heterocycles. The number of nitrogens with zero attached hydrogens (tertiary/aromatic N) is 4. The van der Waals surface area contributed by atoms with E-state index < -0.39 is 12.2 Å². The molecule has 0 saturated carbocycles. The van der Waals surface area contributed by atoms with Crippen molar-refractivity contribution in [2.24, 2.45) is 5.11 Å². The van der Waals surface area contributed by atoms with Crippen molar-refractivity contribution in [2.45, 2.75) is 18.6 Å². The summed E-state index contributed by atoms with van der Waals surface area (Å²) in [6, 6.07) is 3.25. The Morgan fingerprint density at radius 3 is 2.67 bits per heavy atom. The average Bonchev–Trinajstić information content (AvgIpc) is 2.29. The maximum atomic E-state index is 9.68. The smallest absolute Gasteiger partial charge is 0.105 e. The van der Waals surface area contributed by atoms with Crippen molar-refractivity contribution in [3.63, 3.8) is 0 Å². The van der Waals surface area contributed by atoms with E-state index in [1.165, 1.54) is 0 Å². The summed E-state index contributed by atoms with van der Waals surface area (Å²) in [6.07, 6.45) is 1.41. The Bertz CT molecular complexity index is 337. The van der Waals surface area contributed by atoms with E-state index in [2.05, 4.69) is 15.0 Å². The minimum Gasteiger partial charge on any atom is -0.390 e. The Balaban J connectivity index is 2.53. The third-order valence-electron chi connectivity index (χ3n) is 2.00. The number of pyridine rings is 1. The molecule has 0 radical (unpaired) electrons. The number of aliphatic hydroxyl groups is 2. The molecule has 2 unspecified atom stereocenters. The van der Waals surface area contributed by atoms with Gasteiger partial charge in [0.05, 0.1) is 6.10 Å². The normalized spacial score (nSPS) is 14.0. The van der Waals surface area contributed by atoms with E-state index in [9.17, 15) is 10.2 Å². The lowest BCUT2D eigenvalue weighted by Crippen LogP contribution is -2.19. The van der Waals surface area contributed by atoms with Crippen LogP contribution in [0.2, 0.25) is 0 Å². The minimum absolute atomic E-state index is 0.166. The molecule has 1 aromatic heterocycles. The largest absolute Gasteiger partial charge is 0.390 e. The summed E-state index contributed by atoms with van der Waals surface area (Å²) < 4.78 is 0. The molecule has 6 heteroatoms. The van der Waals surface area contributed by atoms with Gasteiger partial charge in [0, 0.05) is 23.9 Å². The molecule has 80 valence electrons. The van der Waals surface area contributed by atoms with Crippen molar-refractivity contribution >= 4 is 0 Å². The highest BCUT2D eigenvalue weighted by molar-refractivity contribution is 5.14. The first kappa shape index (κ1) is 11.5. The molecule has 0 fully saturated rings. The van der Waals surface area contributed by atoms with E-state index >= 15 is 0 Å². The van der Waals surface area contributed by atoms with E-state index in [0.29, 0.717) is 5.56 Å². The zero-order valence-corrected chi connectivity index (χ0v) is 8.06. The fourth-order valence-corrected chi connectivity index (χ4v) is 1.18. The number of aliphatic hydroxyl groups excluding tert-OH is 2. The van der Waals surface area contributed by atoms with Gasteiger partial charge in [-0.15, -0.1) is 0 Å². The van der Waals surface area contributed by atoms with Crippen molar-refractivity contribution in [1.82, 2.24) is 4.98 Å². The molecule has 1 heterocycles. The van der Waals surface area contributed by atoms with Crippen LogP contribution in [0.15, 0.2) is 29.6 Å². The summed E-state index contributed by atoms with van der Waals surface area (Å²) in [5, 5.41) is 22.5. The molecule has 0 bridgehead atoms. The molecule has 0 spiro atoms. The number of azide groups is 1. The van der Waals surface area contributed by atoms with E-state index in [1.807, 2.05) is 0 Å². The third kappa shape index (κ3) is 3.55. The predicted molar refractivity (Wildman–Crippen MR) is 53.8 cm³/mol. The first-order valence-electron chi connectivity index (χ1n) is 4.52. The lowest BCUT2D eigenvalue weighted by molar-refractivity contribution is 0.0150. The first-order chi connectivity index (χ1) is 7.25. The summed E-state index contributed by atoms with van der Waals surface area (Å²) in [5.74, 6) is 0. The first-order valence-corrected chi connectivity index (χ1v) is 4.52. The van der Waals surface area contributed by atoms with Gasteiger partial charge in [0.15, 0.2) is 0 Å². The molecule has 0 aliphatic rings. The van der Waals surface area contributed by atoms with Crippen LogP contribution in [0.25, 0.3) is 10.4 Å². The summed E-state index contributed by atoms with van der Waals surface area (Å²) in [6.45, 7) is 0.166. The molecule has 2 atom stereocenters. The van der Waals surface area contributed by atoms with Crippen LogP contribution in [0.5, 0.6) is 0 Å². The van der Waals surface area contributed by atoms with Crippen LogP contribution in [0, 0.1) is 0 Å². The number of aromatic nitrogens is 1. The number of hydrogen-bond acceptors (Lipinski definition) is 4. The summed E-state index contributed by atoms with van der Waals surface area (Å²) >= 11 is 0. The van der Waals surface area contributed by atoms with Crippen molar-refractivity contribution < 1.29 is 10.2 Å². The quantitative estimate of drug-likeness (QED) is 0.431. The molecule has 15 heavy (non-hydrogen) atoms. The lowest BCUT2D eigenvalue weighted by Gasteiger charge is -2.16. The SMILES string of the molecule is [N-]=[N+]=NCCC(O)C(O)c1ccncc1. The van der Waals surface area contributed by atoms with E-state index in [-0.39, 0.29) is 13.0 Å². The molecular weight excluding hydrogens is 196 g/mol. The van der Waals surface area contributed by atoms with Crippen molar-refractivity contribution in [3.05, 3.63) is 40.5 Å². The third-order valence-corrected chi connectivity index (χ3v) is 2.00. The van der Waals surface area contributed by atoms with Gasteiger partial charge in [-0.2, -0.15) is 0 Å². The Kier molecular flexibility index (Phi) is 4.56. The predicted octanol–water partition coefficient (Wildman–Crippen LogP) is 1.18. The van der Waals surface area contributed by atoms with Crippen LogP contribution in [-0.4, -0.2) is 27.8 Å². The van der Waals surface area contributed by atoms with Gasteiger partial charge < -0.3 is 10.2 Å². The van der Waals surface area contributed by atoms with Crippen molar-refractivity contribution in [3.8, 4) is 0 Å². The zero-order chi connectivity index (χ0) is 11.1. The van der Waals surface area contributed by atoms with Crippen molar-refractivity contribution in [1.29, 1.82) is 0 Å². The summed E-state index contributed by atoms with van der Waals surface area (Å²) in [5.41, 5.74) is 8.64. The van der Waals surface area contributed by atoms with E-state index in [0.717, 1.165) is 0 Å². The Labute approximate surface area is 86.8 Å². The van der Waals surface area contributed by atoms with Crippen LogP contribution in [0.1, 0.15) is 18.1 Å². The zero-order valence-electron chi connectivity index (χ0n) is 8.06. The van der Waals surface area contributed by atoms with Gasteiger partial charge in [-0.05, 0) is 29.6 Å². The van der Waals surface area contributed by atoms with Gasteiger partial charge in [-0.3, -0.25) is 4.98 Å². The Hall–Kier alpha value is -1.62. The molecule has 1 aromatic rings.